The number of carbonyl (C=O) groups is 1. The van der Waals surface area contributed by atoms with Crippen molar-refractivity contribution in [3.05, 3.63) is 53.5 Å². The fraction of sp³-hybridized carbons (Fsp3) is 0.435. The van der Waals surface area contributed by atoms with Crippen molar-refractivity contribution in [1.29, 1.82) is 0 Å². The molecule has 2 fully saturated rings. The third-order valence-corrected chi connectivity index (χ3v) is 6.34. The molecule has 162 valence electrons. The zero-order valence-corrected chi connectivity index (χ0v) is 17.5. The molecule has 8 heteroatoms. The molecule has 5 rings (SSSR count). The van der Waals surface area contributed by atoms with E-state index >= 15 is 0 Å². The van der Waals surface area contributed by atoms with Gasteiger partial charge in [-0.15, -0.1) is 0 Å². The van der Waals surface area contributed by atoms with Gasteiger partial charge in [-0.25, -0.2) is 9.37 Å². The molecule has 1 amide bonds. The van der Waals surface area contributed by atoms with Crippen molar-refractivity contribution >= 4 is 22.8 Å². The van der Waals surface area contributed by atoms with E-state index in [2.05, 4.69) is 20.4 Å². The maximum Gasteiger partial charge on any atom is 0.236 e. The first kappa shape index (κ1) is 19.9. The number of rotatable bonds is 6. The average Bonchev–Trinajstić information content (AvgIpc) is 3.54. The molecule has 2 N–H and O–H groups in total. The molecule has 0 spiro atoms. The smallest absolute Gasteiger partial charge is 0.236 e. The highest BCUT2D eigenvalue weighted by molar-refractivity contribution is 5.87. The van der Waals surface area contributed by atoms with Gasteiger partial charge in [-0.1, -0.05) is 12.1 Å². The van der Waals surface area contributed by atoms with Crippen LogP contribution in [0.15, 0.2) is 36.4 Å². The molecule has 4 heterocycles. The molecule has 1 aromatic carbocycles. The van der Waals surface area contributed by atoms with Crippen molar-refractivity contribution in [2.45, 2.75) is 31.7 Å². The molecule has 31 heavy (non-hydrogen) atoms. The number of nitrogens with zero attached hydrogens (tertiary/aromatic N) is 4. The van der Waals surface area contributed by atoms with Crippen LogP contribution in [0.5, 0.6) is 0 Å². The van der Waals surface area contributed by atoms with E-state index < -0.39 is 0 Å². The van der Waals surface area contributed by atoms with Crippen LogP contribution in [0.1, 0.15) is 36.4 Å². The standard InChI is InChI=1S/C23H27FN6O/c24-18-5-3-16(4-6-18)13-25-22-19-7-8-20(26-23(19)28-27-22)17-9-12-30(14-17)21(31)15-29-10-1-2-11-29/h3-8,17H,1-2,9-15H2,(H2,25,26,27,28). The predicted molar refractivity (Wildman–Crippen MR) is 117 cm³/mol. The largest absolute Gasteiger partial charge is 0.364 e. The predicted octanol–water partition coefficient (Wildman–Crippen LogP) is 3.12. The molecule has 2 aliphatic heterocycles. The third-order valence-electron chi connectivity index (χ3n) is 6.34. The van der Waals surface area contributed by atoms with E-state index in [0.29, 0.717) is 13.1 Å². The highest BCUT2D eigenvalue weighted by atomic mass is 19.1. The zero-order valence-electron chi connectivity index (χ0n) is 17.5. The Kier molecular flexibility index (Phi) is 5.55. The molecule has 0 aliphatic carbocycles. The van der Waals surface area contributed by atoms with Crippen molar-refractivity contribution in [3.63, 3.8) is 0 Å². The van der Waals surface area contributed by atoms with Crippen LogP contribution in [0, 0.1) is 5.82 Å². The SMILES string of the molecule is O=C(CN1CCCC1)N1CCC(c2ccc3c(NCc4ccc(F)cc4)n[nH]c3n2)C1. The number of likely N-dealkylation sites (tertiary alicyclic amines) is 2. The lowest BCUT2D eigenvalue weighted by Gasteiger charge is -2.20. The summed E-state index contributed by atoms with van der Waals surface area (Å²) >= 11 is 0. The van der Waals surface area contributed by atoms with Gasteiger partial charge in [0.1, 0.15) is 5.82 Å². The first-order chi connectivity index (χ1) is 15.2. The second kappa shape index (κ2) is 8.63. The van der Waals surface area contributed by atoms with E-state index in [-0.39, 0.29) is 17.6 Å². The van der Waals surface area contributed by atoms with Gasteiger partial charge in [0.05, 0.1) is 11.9 Å². The number of H-pyrrole nitrogens is 1. The second-order valence-electron chi connectivity index (χ2n) is 8.49. The number of fused-ring (bicyclic) bond motifs is 1. The maximum atomic E-state index is 13.1. The Morgan fingerprint density at radius 2 is 1.94 bits per heavy atom. The summed E-state index contributed by atoms with van der Waals surface area (Å²) in [6.07, 6.45) is 3.34. The molecule has 7 nitrogen and oxygen atoms in total. The van der Waals surface area contributed by atoms with Crippen LogP contribution in [-0.4, -0.2) is 63.6 Å². The van der Waals surface area contributed by atoms with Gasteiger partial charge in [-0.05, 0) is 62.2 Å². The van der Waals surface area contributed by atoms with Gasteiger partial charge in [0, 0.05) is 31.2 Å². The number of carbonyl (C=O) groups excluding carboxylic acids is 1. The van der Waals surface area contributed by atoms with Crippen molar-refractivity contribution in [3.8, 4) is 0 Å². The molecule has 3 aromatic rings. The Labute approximate surface area is 180 Å². The van der Waals surface area contributed by atoms with Crippen LogP contribution < -0.4 is 5.32 Å². The van der Waals surface area contributed by atoms with Crippen LogP contribution in [0.4, 0.5) is 10.2 Å². The third kappa shape index (κ3) is 4.39. The Hall–Kier alpha value is -3.00. The number of hydrogen-bond donors (Lipinski definition) is 2. The van der Waals surface area contributed by atoms with Crippen LogP contribution in [0.2, 0.25) is 0 Å². The number of anilines is 1. The molecule has 0 radical (unpaired) electrons. The first-order valence-corrected chi connectivity index (χ1v) is 11.0. The number of benzene rings is 1. The van der Waals surface area contributed by atoms with Gasteiger partial charge in [0.25, 0.3) is 0 Å². The second-order valence-corrected chi connectivity index (χ2v) is 8.49. The first-order valence-electron chi connectivity index (χ1n) is 11.0. The summed E-state index contributed by atoms with van der Waals surface area (Å²) in [4.78, 5) is 21.6. The van der Waals surface area contributed by atoms with E-state index in [4.69, 9.17) is 4.98 Å². The maximum absolute atomic E-state index is 13.1. The topological polar surface area (TPSA) is 77.2 Å². The molecular formula is C23H27FN6O. The van der Waals surface area contributed by atoms with E-state index in [1.54, 1.807) is 12.1 Å². The summed E-state index contributed by atoms with van der Waals surface area (Å²) in [7, 11) is 0. The molecule has 0 bridgehead atoms. The fourth-order valence-corrected chi connectivity index (χ4v) is 4.53. The quantitative estimate of drug-likeness (QED) is 0.638. The highest BCUT2D eigenvalue weighted by Crippen LogP contribution is 2.29. The normalized spacial score (nSPS) is 19.4. The Bertz CT molecular complexity index is 1060. The number of hydrogen-bond acceptors (Lipinski definition) is 5. The molecule has 2 aliphatic rings. The summed E-state index contributed by atoms with van der Waals surface area (Å²) in [5.74, 6) is 0.978. The van der Waals surface area contributed by atoms with Gasteiger partial charge >= 0.3 is 0 Å². The summed E-state index contributed by atoms with van der Waals surface area (Å²) < 4.78 is 13.1. The van der Waals surface area contributed by atoms with Gasteiger partial charge in [-0.2, -0.15) is 5.10 Å². The van der Waals surface area contributed by atoms with Crippen molar-refractivity contribution < 1.29 is 9.18 Å². The zero-order chi connectivity index (χ0) is 21.2. The summed E-state index contributed by atoms with van der Waals surface area (Å²) in [6, 6.07) is 10.5. The van der Waals surface area contributed by atoms with Gasteiger partial charge < -0.3 is 10.2 Å². The number of aromatic amines is 1. The number of halogens is 1. The molecule has 0 saturated carbocycles. The van der Waals surface area contributed by atoms with E-state index in [1.165, 1.54) is 25.0 Å². The van der Waals surface area contributed by atoms with Gasteiger partial charge in [0.15, 0.2) is 11.5 Å². The number of aromatic nitrogens is 3. The average molecular weight is 423 g/mol. The highest BCUT2D eigenvalue weighted by Gasteiger charge is 2.29. The van der Waals surface area contributed by atoms with Gasteiger partial charge in [0.2, 0.25) is 5.91 Å². The Balaban J connectivity index is 1.22. The Morgan fingerprint density at radius 1 is 1.13 bits per heavy atom. The van der Waals surface area contributed by atoms with E-state index in [1.807, 2.05) is 17.0 Å². The minimum absolute atomic E-state index is 0.235. The number of amides is 1. The lowest BCUT2D eigenvalue weighted by atomic mass is 10.0. The lowest BCUT2D eigenvalue weighted by molar-refractivity contribution is -0.131. The van der Waals surface area contributed by atoms with E-state index in [9.17, 15) is 9.18 Å². The van der Waals surface area contributed by atoms with Crippen LogP contribution in [0.3, 0.4) is 0 Å². The lowest BCUT2D eigenvalue weighted by Crippen LogP contribution is -2.38. The van der Waals surface area contributed by atoms with Gasteiger partial charge in [-0.3, -0.25) is 14.8 Å². The molecule has 2 saturated heterocycles. The number of nitrogens with one attached hydrogen (secondary N) is 2. The molecule has 1 unspecified atom stereocenters. The minimum Gasteiger partial charge on any atom is -0.364 e. The monoisotopic (exact) mass is 422 g/mol. The molecule has 1 atom stereocenters. The summed E-state index contributed by atoms with van der Waals surface area (Å²) in [6.45, 7) is 4.71. The minimum atomic E-state index is -0.242. The van der Waals surface area contributed by atoms with Crippen molar-refractivity contribution in [2.24, 2.45) is 0 Å². The van der Waals surface area contributed by atoms with E-state index in [0.717, 1.165) is 60.7 Å². The summed E-state index contributed by atoms with van der Waals surface area (Å²) in [5, 5.41) is 11.6. The summed E-state index contributed by atoms with van der Waals surface area (Å²) in [5.41, 5.74) is 2.71. The Morgan fingerprint density at radius 3 is 2.74 bits per heavy atom. The number of pyridine rings is 1. The van der Waals surface area contributed by atoms with Crippen molar-refractivity contribution in [2.75, 3.05) is 38.0 Å². The van der Waals surface area contributed by atoms with Crippen LogP contribution >= 0.6 is 0 Å². The molecular weight excluding hydrogens is 395 g/mol. The molecule has 2 aromatic heterocycles. The van der Waals surface area contributed by atoms with Crippen LogP contribution in [-0.2, 0) is 11.3 Å². The fourth-order valence-electron chi connectivity index (χ4n) is 4.53. The van der Waals surface area contributed by atoms with Crippen molar-refractivity contribution in [1.82, 2.24) is 25.0 Å². The van der Waals surface area contributed by atoms with Crippen LogP contribution in [0.25, 0.3) is 11.0 Å².